The Morgan fingerprint density at radius 2 is 1.84 bits per heavy atom. The first-order valence-corrected chi connectivity index (χ1v) is 6.19. The zero-order chi connectivity index (χ0) is 14.4. The number of amides is 1. The Labute approximate surface area is 121 Å². The number of anilines is 1. The van der Waals surface area contributed by atoms with E-state index in [0.29, 0.717) is 15.7 Å². The van der Waals surface area contributed by atoms with E-state index in [-0.39, 0.29) is 19.0 Å². The molecule has 0 aliphatic rings. The van der Waals surface area contributed by atoms with E-state index in [1.165, 1.54) is 12.0 Å². The molecule has 0 atom stereocenters. The van der Waals surface area contributed by atoms with Crippen molar-refractivity contribution >= 4 is 40.8 Å². The van der Waals surface area contributed by atoms with E-state index in [1.807, 2.05) is 0 Å². The predicted octanol–water partition coefficient (Wildman–Crippen LogP) is 2.04. The van der Waals surface area contributed by atoms with Gasteiger partial charge in [-0.1, -0.05) is 29.3 Å². The number of para-hydroxylation sites is 1. The van der Waals surface area contributed by atoms with Crippen molar-refractivity contribution in [1.29, 1.82) is 0 Å². The summed E-state index contributed by atoms with van der Waals surface area (Å²) in [4.78, 5) is 24.3. The van der Waals surface area contributed by atoms with Gasteiger partial charge in [-0.2, -0.15) is 0 Å². The quantitative estimate of drug-likeness (QED) is 0.846. The highest BCUT2D eigenvalue weighted by atomic mass is 35.5. The molecule has 1 rings (SSSR count). The van der Waals surface area contributed by atoms with Gasteiger partial charge < -0.3 is 10.1 Å². The molecule has 0 spiro atoms. The summed E-state index contributed by atoms with van der Waals surface area (Å²) in [6.45, 7) is 0.0524. The topological polar surface area (TPSA) is 58.6 Å². The number of benzene rings is 1. The molecule has 104 valence electrons. The molecule has 1 aromatic rings. The monoisotopic (exact) mass is 304 g/mol. The molecule has 19 heavy (non-hydrogen) atoms. The maximum Gasteiger partial charge on any atom is 0.319 e. The van der Waals surface area contributed by atoms with Gasteiger partial charge in [0.15, 0.2) is 0 Å². The number of likely N-dealkylation sites (N-methyl/N-ethyl adjacent to an activating group) is 1. The van der Waals surface area contributed by atoms with Crippen LogP contribution in [0.15, 0.2) is 18.2 Å². The lowest BCUT2D eigenvalue weighted by Gasteiger charge is -2.15. The molecule has 0 aromatic heterocycles. The number of methoxy groups -OCH3 is 1. The van der Waals surface area contributed by atoms with Gasteiger partial charge in [0, 0.05) is 0 Å². The smallest absolute Gasteiger partial charge is 0.319 e. The molecule has 0 saturated heterocycles. The third-order valence-corrected chi connectivity index (χ3v) is 2.90. The largest absolute Gasteiger partial charge is 0.468 e. The normalized spacial score (nSPS) is 10.4. The standard InChI is InChI=1S/C12H14Cl2N2O3/c1-16(7-11(18)19-2)6-10(17)15-12-8(13)4-3-5-9(12)14/h3-5H,6-7H2,1-2H3,(H,15,17). The summed E-state index contributed by atoms with van der Waals surface area (Å²) in [6, 6.07) is 4.94. The molecule has 0 unspecified atom stereocenters. The van der Waals surface area contributed by atoms with Crippen LogP contribution in [0.1, 0.15) is 0 Å². The lowest BCUT2D eigenvalue weighted by molar-refractivity contribution is -0.141. The van der Waals surface area contributed by atoms with Crippen LogP contribution >= 0.6 is 23.2 Å². The Kier molecular flexibility index (Phi) is 6.08. The fraction of sp³-hybridized carbons (Fsp3) is 0.333. The first-order valence-electron chi connectivity index (χ1n) is 5.43. The first kappa shape index (κ1) is 15.8. The molecule has 0 bridgehead atoms. The van der Waals surface area contributed by atoms with E-state index in [1.54, 1.807) is 25.2 Å². The minimum atomic E-state index is -0.411. The molecular formula is C12H14Cl2N2O3. The minimum absolute atomic E-state index is 0.0245. The van der Waals surface area contributed by atoms with Gasteiger partial charge in [0.25, 0.3) is 0 Å². The summed E-state index contributed by atoms with van der Waals surface area (Å²) in [5.41, 5.74) is 0.363. The molecule has 0 fully saturated rings. The number of ether oxygens (including phenoxy) is 1. The van der Waals surface area contributed by atoms with Gasteiger partial charge in [-0.25, -0.2) is 0 Å². The summed E-state index contributed by atoms with van der Waals surface area (Å²) in [5, 5.41) is 3.32. The summed E-state index contributed by atoms with van der Waals surface area (Å²) in [7, 11) is 2.92. The number of nitrogens with zero attached hydrogens (tertiary/aromatic N) is 1. The van der Waals surface area contributed by atoms with Crippen LogP contribution in [0, 0.1) is 0 Å². The third kappa shape index (κ3) is 5.06. The average Bonchev–Trinajstić information content (AvgIpc) is 2.33. The Balaban J connectivity index is 2.58. The fourth-order valence-corrected chi connectivity index (χ4v) is 1.87. The molecule has 0 saturated carbocycles. The maximum absolute atomic E-state index is 11.8. The van der Waals surface area contributed by atoms with Crippen molar-refractivity contribution in [2.75, 3.05) is 32.6 Å². The van der Waals surface area contributed by atoms with E-state index in [2.05, 4.69) is 10.1 Å². The molecule has 0 aliphatic carbocycles. The van der Waals surface area contributed by atoms with Crippen LogP contribution < -0.4 is 5.32 Å². The molecule has 0 aliphatic heterocycles. The van der Waals surface area contributed by atoms with Gasteiger partial charge in [-0.3, -0.25) is 14.5 Å². The molecule has 1 amide bonds. The highest BCUT2D eigenvalue weighted by Crippen LogP contribution is 2.29. The highest BCUT2D eigenvalue weighted by molar-refractivity contribution is 6.39. The first-order chi connectivity index (χ1) is 8.93. The van der Waals surface area contributed by atoms with Crippen LogP contribution in [-0.2, 0) is 14.3 Å². The van der Waals surface area contributed by atoms with Gasteiger partial charge in [0.1, 0.15) is 0 Å². The van der Waals surface area contributed by atoms with Crippen molar-refractivity contribution < 1.29 is 14.3 Å². The van der Waals surface area contributed by atoms with Gasteiger partial charge in [0.2, 0.25) is 5.91 Å². The lowest BCUT2D eigenvalue weighted by Crippen LogP contribution is -2.34. The van der Waals surface area contributed by atoms with Crippen LogP contribution in [0.4, 0.5) is 5.69 Å². The summed E-state index contributed by atoms with van der Waals surface area (Å²) < 4.78 is 4.50. The summed E-state index contributed by atoms with van der Waals surface area (Å²) in [6.07, 6.45) is 0. The van der Waals surface area contributed by atoms with E-state index in [9.17, 15) is 9.59 Å². The Morgan fingerprint density at radius 1 is 1.26 bits per heavy atom. The van der Waals surface area contributed by atoms with Crippen molar-refractivity contribution in [2.24, 2.45) is 0 Å². The number of esters is 1. The second-order valence-electron chi connectivity index (χ2n) is 3.89. The number of hydrogen-bond donors (Lipinski definition) is 1. The third-order valence-electron chi connectivity index (χ3n) is 2.27. The molecular weight excluding hydrogens is 291 g/mol. The average molecular weight is 305 g/mol. The van der Waals surface area contributed by atoms with Crippen LogP contribution in [0.25, 0.3) is 0 Å². The number of halogens is 2. The lowest BCUT2D eigenvalue weighted by atomic mass is 10.3. The number of rotatable bonds is 5. The maximum atomic E-state index is 11.8. The second kappa shape index (κ2) is 7.33. The number of carbonyl (C=O) groups is 2. The predicted molar refractivity (Wildman–Crippen MR) is 74.6 cm³/mol. The van der Waals surface area contributed by atoms with Crippen molar-refractivity contribution in [3.05, 3.63) is 28.2 Å². The number of hydrogen-bond acceptors (Lipinski definition) is 4. The van der Waals surface area contributed by atoms with E-state index >= 15 is 0 Å². The molecule has 0 heterocycles. The molecule has 1 N–H and O–H groups in total. The van der Waals surface area contributed by atoms with Crippen LogP contribution in [-0.4, -0.2) is 44.0 Å². The van der Waals surface area contributed by atoms with Crippen molar-refractivity contribution in [1.82, 2.24) is 4.90 Å². The zero-order valence-corrected chi connectivity index (χ0v) is 12.1. The van der Waals surface area contributed by atoms with Gasteiger partial charge in [0.05, 0.1) is 35.9 Å². The highest BCUT2D eigenvalue weighted by Gasteiger charge is 2.13. The molecule has 5 nitrogen and oxygen atoms in total. The van der Waals surface area contributed by atoms with Gasteiger partial charge >= 0.3 is 5.97 Å². The Morgan fingerprint density at radius 3 is 2.37 bits per heavy atom. The van der Waals surface area contributed by atoms with Crippen LogP contribution in [0.5, 0.6) is 0 Å². The van der Waals surface area contributed by atoms with Crippen molar-refractivity contribution in [3.63, 3.8) is 0 Å². The van der Waals surface area contributed by atoms with E-state index < -0.39 is 5.97 Å². The second-order valence-corrected chi connectivity index (χ2v) is 4.71. The minimum Gasteiger partial charge on any atom is -0.468 e. The van der Waals surface area contributed by atoms with Crippen molar-refractivity contribution in [2.45, 2.75) is 0 Å². The zero-order valence-electron chi connectivity index (χ0n) is 10.6. The molecule has 7 heteroatoms. The van der Waals surface area contributed by atoms with Gasteiger partial charge in [-0.15, -0.1) is 0 Å². The van der Waals surface area contributed by atoms with Gasteiger partial charge in [-0.05, 0) is 19.2 Å². The fourth-order valence-electron chi connectivity index (χ4n) is 1.38. The van der Waals surface area contributed by atoms with Crippen LogP contribution in [0.2, 0.25) is 10.0 Å². The van der Waals surface area contributed by atoms with E-state index in [4.69, 9.17) is 23.2 Å². The Bertz CT molecular complexity index is 460. The molecule has 0 radical (unpaired) electrons. The van der Waals surface area contributed by atoms with E-state index in [0.717, 1.165) is 0 Å². The molecule has 1 aromatic carbocycles. The summed E-state index contributed by atoms with van der Waals surface area (Å²) >= 11 is 11.9. The SMILES string of the molecule is COC(=O)CN(C)CC(=O)Nc1c(Cl)cccc1Cl. The number of carbonyl (C=O) groups excluding carboxylic acids is 2. The number of nitrogens with one attached hydrogen (secondary N) is 1. The summed E-state index contributed by atoms with van der Waals surface area (Å²) in [5.74, 6) is -0.729. The van der Waals surface area contributed by atoms with Crippen LogP contribution in [0.3, 0.4) is 0 Å². The van der Waals surface area contributed by atoms with Crippen molar-refractivity contribution in [3.8, 4) is 0 Å². The Hall–Kier alpha value is -1.30.